The molecule has 1 unspecified atom stereocenters. The SMILES string of the molecule is O=C(Cc1ccccc1Cl)NCC(O)(c1ccsc1)c1ccco1. The van der Waals surface area contributed by atoms with Crippen LogP contribution in [0.15, 0.2) is 63.9 Å². The summed E-state index contributed by atoms with van der Waals surface area (Å²) in [6, 6.07) is 12.4. The largest absolute Gasteiger partial charge is 0.466 e. The van der Waals surface area contributed by atoms with E-state index in [1.807, 2.05) is 29.0 Å². The summed E-state index contributed by atoms with van der Waals surface area (Å²) in [5, 5.41) is 18.1. The van der Waals surface area contributed by atoms with Crippen LogP contribution in [-0.4, -0.2) is 17.6 Å². The molecule has 1 aromatic carbocycles. The second-order valence-corrected chi connectivity index (χ2v) is 6.58. The van der Waals surface area contributed by atoms with Gasteiger partial charge >= 0.3 is 0 Å². The van der Waals surface area contributed by atoms with Gasteiger partial charge in [0.15, 0.2) is 5.60 Å². The van der Waals surface area contributed by atoms with E-state index in [1.165, 1.54) is 17.6 Å². The van der Waals surface area contributed by atoms with E-state index >= 15 is 0 Å². The Morgan fingerprint density at radius 3 is 2.75 bits per heavy atom. The number of halogens is 1. The van der Waals surface area contributed by atoms with Gasteiger partial charge in [0.2, 0.25) is 5.91 Å². The lowest BCUT2D eigenvalue weighted by atomic mass is 9.93. The molecule has 4 nitrogen and oxygen atoms in total. The van der Waals surface area contributed by atoms with Crippen molar-refractivity contribution in [3.05, 3.63) is 81.4 Å². The number of hydrogen-bond donors (Lipinski definition) is 2. The molecular formula is C18H16ClNO3S. The lowest BCUT2D eigenvalue weighted by molar-refractivity contribution is -0.121. The van der Waals surface area contributed by atoms with E-state index in [-0.39, 0.29) is 18.9 Å². The Balaban J connectivity index is 1.73. The van der Waals surface area contributed by atoms with Crippen molar-refractivity contribution in [2.75, 3.05) is 6.54 Å². The highest BCUT2D eigenvalue weighted by Gasteiger charge is 2.35. The molecule has 2 aromatic heterocycles. The quantitative estimate of drug-likeness (QED) is 0.705. The predicted molar refractivity (Wildman–Crippen MR) is 94.2 cm³/mol. The van der Waals surface area contributed by atoms with E-state index in [1.54, 1.807) is 24.3 Å². The fourth-order valence-electron chi connectivity index (χ4n) is 2.45. The summed E-state index contributed by atoms with van der Waals surface area (Å²) in [6.07, 6.45) is 1.65. The van der Waals surface area contributed by atoms with Gasteiger partial charge in [-0.25, -0.2) is 0 Å². The average Bonchev–Trinajstić information content (AvgIpc) is 3.28. The lowest BCUT2D eigenvalue weighted by Gasteiger charge is -2.25. The number of benzene rings is 1. The van der Waals surface area contributed by atoms with Crippen molar-refractivity contribution in [1.82, 2.24) is 5.32 Å². The third-order valence-corrected chi connectivity index (χ3v) is 4.83. The van der Waals surface area contributed by atoms with Crippen molar-refractivity contribution >= 4 is 28.8 Å². The molecule has 2 heterocycles. The standard InChI is InChI=1S/C18H16ClNO3S/c19-15-5-2-1-4-13(15)10-17(21)20-12-18(22,14-7-9-24-11-14)16-6-3-8-23-16/h1-9,11,22H,10,12H2,(H,20,21). The number of carbonyl (C=O) groups is 1. The Morgan fingerprint density at radius 1 is 1.25 bits per heavy atom. The number of rotatable bonds is 6. The van der Waals surface area contributed by atoms with Gasteiger partial charge in [-0.1, -0.05) is 29.8 Å². The van der Waals surface area contributed by atoms with Gasteiger partial charge in [-0.15, -0.1) is 0 Å². The highest BCUT2D eigenvalue weighted by Crippen LogP contribution is 2.31. The molecule has 6 heteroatoms. The Labute approximate surface area is 148 Å². The third kappa shape index (κ3) is 3.53. The van der Waals surface area contributed by atoms with Crippen molar-refractivity contribution < 1.29 is 14.3 Å². The van der Waals surface area contributed by atoms with Crippen LogP contribution in [0, 0.1) is 0 Å². The second-order valence-electron chi connectivity index (χ2n) is 5.39. The molecule has 0 saturated carbocycles. The summed E-state index contributed by atoms with van der Waals surface area (Å²) in [5.74, 6) is 0.169. The summed E-state index contributed by atoms with van der Waals surface area (Å²) >= 11 is 7.55. The van der Waals surface area contributed by atoms with E-state index in [2.05, 4.69) is 5.32 Å². The van der Waals surface area contributed by atoms with Crippen molar-refractivity contribution in [2.24, 2.45) is 0 Å². The molecule has 0 aliphatic heterocycles. The van der Waals surface area contributed by atoms with E-state index in [4.69, 9.17) is 16.0 Å². The van der Waals surface area contributed by atoms with Gasteiger partial charge in [0.25, 0.3) is 0 Å². The monoisotopic (exact) mass is 361 g/mol. The van der Waals surface area contributed by atoms with E-state index in [9.17, 15) is 9.90 Å². The van der Waals surface area contributed by atoms with Gasteiger partial charge in [-0.2, -0.15) is 11.3 Å². The molecule has 2 N–H and O–H groups in total. The van der Waals surface area contributed by atoms with Crippen molar-refractivity contribution in [3.8, 4) is 0 Å². The van der Waals surface area contributed by atoms with Gasteiger partial charge in [0.05, 0.1) is 19.2 Å². The van der Waals surface area contributed by atoms with Gasteiger partial charge < -0.3 is 14.8 Å². The van der Waals surface area contributed by atoms with E-state index < -0.39 is 5.60 Å². The minimum Gasteiger partial charge on any atom is -0.466 e. The van der Waals surface area contributed by atoms with Crippen LogP contribution in [0.1, 0.15) is 16.9 Å². The Hall–Kier alpha value is -2.08. The van der Waals surface area contributed by atoms with Crippen LogP contribution >= 0.6 is 22.9 Å². The fourth-order valence-corrected chi connectivity index (χ4v) is 3.38. The van der Waals surface area contributed by atoms with Gasteiger partial charge in [-0.05, 0) is 40.6 Å². The maximum Gasteiger partial charge on any atom is 0.224 e. The topological polar surface area (TPSA) is 62.5 Å². The zero-order valence-corrected chi connectivity index (χ0v) is 14.3. The first-order chi connectivity index (χ1) is 11.6. The van der Waals surface area contributed by atoms with Crippen LogP contribution < -0.4 is 5.32 Å². The molecule has 1 amide bonds. The maximum atomic E-state index is 12.2. The first-order valence-electron chi connectivity index (χ1n) is 7.39. The molecule has 0 saturated heterocycles. The molecule has 3 rings (SSSR count). The number of nitrogens with one attached hydrogen (secondary N) is 1. The molecule has 0 spiro atoms. The highest BCUT2D eigenvalue weighted by molar-refractivity contribution is 7.08. The number of thiophene rings is 1. The number of carbonyl (C=O) groups excluding carboxylic acids is 1. The molecule has 24 heavy (non-hydrogen) atoms. The van der Waals surface area contributed by atoms with Gasteiger partial charge in [0, 0.05) is 10.6 Å². The van der Waals surface area contributed by atoms with Crippen LogP contribution in [0.3, 0.4) is 0 Å². The smallest absolute Gasteiger partial charge is 0.224 e. The zero-order chi connectivity index (χ0) is 17.0. The predicted octanol–water partition coefficient (Wildman–Crippen LogP) is 3.59. The molecular weight excluding hydrogens is 346 g/mol. The first kappa shape index (κ1) is 16.8. The third-order valence-electron chi connectivity index (χ3n) is 3.78. The minimum atomic E-state index is -1.40. The van der Waals surface area contributed by atoms with Crippen molar-refractivity contribution in [3.63, 3.8) is 0 Å². The zero-order valence-electron chi connectivity index (χ0n) is 12.7. The van der Waals surface area contributed by atoms with E-state index in [0.29, 0.717) is 16.3 Å². The summed E-state index contributed by atoms with van der Waals surface area (Å²) in [5.41, 5.74) is 0.0221. The molecule has 0 radical (unpaired) electrons. The van der Waals surface area contributed by atoms with Crippen LogP contribution in [0.2, 0.25) is 5.02 Å². The van der Waals surface area contributed by atoms with Gasteiger partial charge in [0.1, 0.15) is 5.76 Å². The molecule has 0 aliphatic carbocycles. The second kappa shape index (κ2) is 7.21. The molecule has 0 aliphatic rings. The van der Waals surface area contributed by atoms with Gasteiger partial charge in [-0.3, -0.25) is 4.79 Å². The van der Waals surface area contributed by atoms with Crippen LogP contribution in [0.4, 0.5) is 0 Å². The summed E-state index contributed by atoms with van der Waals surface area (Å²) in [6.45, 7) is 0.0144. The number of hydrogen-bond acceptors (Lipinski definition) is 4. The first-order valence-corrected chi connectivity index (χ1v) is 8.71. The van der Waals surface area contributed by atoms with Crippen LogP contribution in [0.5, 0.6) is 0 Å². The molecule has 124 valence electrons. The number of furan rings is 1. The summed E-state index contributed by atoms with van der Waals surface area (Å²) in [7, 11) is 0. The van der Waals surface area contributed by atoms with Crippen LogP contribution in [0.25, 0.3) is 0 Å². The average molecular weight is 362 g/mol. The van der Waals surface area contributed by atoms with Crippen molar-refractivity contribution in [2.45, 2.75) is 12.0 Å². The van der Waals surface area contributed by atoms with Crippen molar-refractivity contribution in [1.29, 1.82) is 0 Å². The number of amides is 1. The fraction of sp³-hybridized carbons (Fsp3) is 0.167. The summed E-state index contributed by atoms with van der Waals surface area (Å²) < 4.78 is 5.37. The highest BCUT2D eigenvalue weighted by atomic mass is 35.5. The van der Waals surface area contributed by atoms with E-state index in [0.717, 1.165) is 5.56 Å². The summed E-state index contributed by atoms with van der Waals surface area (Å²) in [4.78, 5) is 12.2. The Bertz CT molecular complexity index is 765. The molecule has 1 atom stereocenters. The molecule has 0 bridgehead atoms. The minimum absolute atomic E-state index is 0.0144. The molecule has 3 aromatic rings. The molecule has 0 fully saturated rings. The Morgan fingerprint density at radius 2 is 2.08 bits per heavy atom. The lowest BCUT2D eigenvalue weighted by Crippen LogP contribution is -2.41. The Kier molecular flexibility index (Phi) is 5.04. The number of aliphatic hydroxyl groups is 1. The normalized spacial score (nSPS) is 13.4. The maximum absolute atomic E-state index is 12.2. The van der Waals surface area contributed by atoms with Crippen LogP contribution in [-0.2, 0) is 16.8 Å².